The quantitative estimate of drug-likeness (QED) is 0.501. The van der Waals surface area contributed by atoms with Crippen molar-refractivity contribution in [1.82, 2.24) is 25.7 Å². The molecule has 2 aliphatic rings. The topological polar surface area (TPSA) is 100 Å². The molecule has 2 amide bonds. The fourth-order valence-corrected chi connectivity index (χ4v) is 5.45. The smallest absolute Gasteiger partial charge is 0.227 e. The van der Waals surface area contributed by atoms with E-state index in [1.807, 2.05) is 0 Å². The Morgan fingerprint density at radius 2 is 1.58 bits per heavy atom. The zero-order valence-corrected chi connectivity index (χ0v) is 21.7. The number of aromatic nitrogens is 2. The lowest BCUT2D eigenvalue weighted by molar-refractivity contribution is -0.122. The molecule has 8 heteroatoms. The second-order valence-electron chi connectivity index (χ2n) is 10.5. The molecule has 4 rings (SSSR count). The van der Waals surface area contributed by atoms with Gasteiger partial charge in [-0.25, -0.2) is 0 Å². The Morgan fingerprint density at radius 3 is 2.25 bits per heavy atom. The van der Waals surface area contributed by atoms with Crippen LogP contribution < -0.4 is 10.6 Å². The highest BCUT2D eigenvalue weighted by atomic mass is 16.5. The molecular weight excluding hydrogens is 454 g/mol. The summed E-state index contributed by atoms with van der Waals surface area (Å²) in [5, 5.41) is 10.3. The summed E-state index contributed by atoms with van der Waals surface area (Å²) < 4.78 is 5.47. The van der Waals surface area contributed by atoms with Gasteiger partial charge in [0, 0.05) is 32.9 Å². The highest BCUT2D eigenvalue weighted by molar-refractivity contribution is 5.76. The number of amides is 2. The van der Waals surface area contributed by atoms with Crippen molar-refractivity contribution in [3.8, 4) is 0 Å². The average molecular weight is 496 g/mol. The minimum absolute atomic E-state index is 0.0468. The number of rotatable bonds is 9. The second kappa shape index (κ2) is 13.0. The van der Waals surface area contributed by atoms with Crippen LogP contribution in [0.2, 0.25) is 0 Å². The number of hydrogen-bond donors (Lipinski definition) is 2. The number of carbonyl (C=O) groups excluding carboxylic acids is 2. The van der Waals surface area contributed by atoms with Crippen LogP contribution in [0.3, 0.4) is 0 Å². The Morgan fingerprint density at radius 1 is 0.944 bits per heavy atom. The van der Waals surface area contributed by atoms with E-state index in [2.05, 4.69) is 49.9 Å². The van der Waals surface area contributed by atoms with E-state index in [1.165, 1.54) is 51.3 Å². The van der Waals surface area contributed by atoms with Crippen LogP contribution >= 0.6 is 0 Å². The first-order chi connectivity index (χ1) is 17.5. The van der Waals surface area contributed by atoms with Gasteiger partial charge in [-0.1, -0.05) is 67.9 Å². The molecule has 2 heterocycles. The first-order valence-electron chi connectivity index (χ1n) is 13.7. The molecule has 2 fully saturated rings. The van der Waals surface area contributed by atoms with Crippen LogP contribution in [0.25, 0.3) is 0 Å². The third-order valence-electron chi connectivity index (χ3n) is 7.45. The number of nitrogens with one attached hydrogen (secondary N) is 2. The van der Waals surface area contributed by atoms with Gasteiger partial charge < -0.3 is 15.2 Å². The molecule has 0 bridgehead atoms. The van der Waals surface area contributed by atoms with E-state index in [1.54, 1.807) is 0 Å². The molecule has 36 heavy (non-hydrogen) atoms. The van der Waals surface area contributed by atoms with Crippen LogP contribution in [0.4, 0.5) is 0 Å². The first kappa shape index (κ1) is 26.3. The van der Waals surface area contributed by atoms with Gasteiger partial charge in [-0.2, -0.15) is 4.98 Å². The largest absolute Gasteiger partial charge is 0.352 e. The van der Waals surface area contributed by atoms with Crippen LogP contribution in [0.5, 0.6) is 0 Å². The van der Waals surface area contributed by atoms with E-state index in [0.29, 0.717) is 24.7 Å². The maximum atomic E-state index is 12.4. The molecule has 2 aromatic rings. The normalized spacial score (nSPS) is 18.7. The first-order valence-corrected chi connectivity index (χ1v) is 13.7. The molecule has 0 spiro atoms. The fraction of sp³-hybridized carbons (Fsp3) is 0.643. The van der Waals surface area contributed by atoms with E-state index in [4.69, 9.17) is 4.52 Å². The molecule has 0 radical (unpaired) electrons. The summed E-state index contributed by atoms with van der Waals surface area (Å²) in [6.07, 6.45) is 11.9. The summed E-state index contributed by atoms with van der Waals surface area (Å²) in [5.74, 6) is 0.842. The van der Waals surface area contributed by atoms with Crippen LogP contribution in [-0.2, 0) is 34.6 Å². The summed E-state index contributed by atoms with van der Waals surface area (Å²) in [4.78, 5) is 31.5. The molecule has 1 saturated heterocycles. The molecule has 1 saturated carbocycles. The van der Waals surface area contributed by atoms with Crippen molar-refractivity contribution in [2.24, 2.45) is 0 Å². The number of likely N-dealkylation sites (tertiary alicyclic amines) is 1. The Kier molecular flexibility index (Phi) is 9.50. The van der Waals surface area contributed by atoms with E-state index in [-0.39, 0.29) is 18.2 Å². The number of carbonyl (C=O) groups is 2. The van der Waals surface area contributed by atoms with Gasteiger partial charge in [0.25, 0.3) is 0 Å². The van der Waals surface area contributed by atoms with E-state index < -0.39 is 5.54 Å². The Balaban J connectivity index is 1.23. The molecule has 8 nitrogen and oxygen atoms in total. The molecule has 0 atom stereocenters. The van der Waals surface area contributed by atoms with Crippen molar-refractivity contribution in [1.29, 1.82) is 0 Å². The van der Waals surface area contributed by atoms with Crippen molar-refractivity contribution >= 4 is 11.8 Å². The highest BCUT2D eigenvalue weighted by Gasteiger charge is 2.38. The van der Waals surface area contributed by atoms with Gasteiger partial charge in [0.1, 0.15) is 5.54 Å². The van der Waals surface area contributed by atoms with E-state index in [9.17, 15) is 9.59 Å². The summed E-state index contributed by atoms with van der Waals surface area (Å²) in [7, 11) is 0. The lowest BCUT2D eigenvalue weighted by Crippen LogP contribution is -2.45. The summed E-state index contributed by atoms with van der Waals surface area (Å²) in [6.45, 7) is 5.41. The Hall–Kier alpha value is -2.74. The fourth-order valence-electron chi connectivity index (χ4n) is 5.45. The number of benzene rings is 1. The van der Waals surface area contributed by atoms with E-state index >= 15 is 0 Å². The van der Waals surface area contributed by atoms with Crippen molar-refractivity contribution in [2.45, 2.75) is 103 Å². The van der Waals surface area contributed by atoms with Crippen molar-refractivity contribution < 1.29 is 14.1 Å². The number of hydrogen-bond acceptors (Lipinski definition) is 6. The van der Waals surface area contributed by atoms with Crippen molar-refractivity contribution in [3.63, 3.8) is 0 Å². The van der Waals surface area contributed by atoms with Gasteiger partial charge >= 0.3 is 0 Å². The summed E-state index contributed by atoms with van der Waals surface area (Å²) >= 11 is 0. The summed E-state index contributed by atoms with van der Waals surface area (Å²) in [5.41, 5.74) is 1.85. The van der Waals surface area contributed by atoms with Gasteiger partial charge in [0.05, 0.1) is 0 Å². The van der Waals surface area contributed by atoms with Crippen LogP contribution in [-0.4, -0.2) is 39.9 Å². The standard InChI is InChI=1S/C28H41N5O3/c1-22(34)31-28(16-6-2-3-7-17-28)27-30-26(36-32-27)15-14-25(35)29-20-23-10-12-24(13-11-23)21-33-18-8-4-5-9-19-33/h10-13H,2-9,14-21H2,1H3,(H,29,35)(H,31,34). The van der Waals surface area contributed by atoms with Crippen LogP contribution in [0, 0.1) is 0 Å². The van der Waals surface area contributed by atoms with Gasteiger partial charge in [0.2, 0.25) is 17.7 Å². The highest BCUT2D eigenvalue weighted by Crippen LogP contribution is 2.34. The zero-order chi connectivity index (χ0) is 25.2. The van der Waals surface area contributed by atoms with Crippen molar-refractivity contribution in [2.75, 3.05) is 13.1 Å². The molecule has 1 aromatic carbocycles. The van der Waals surface area contributed by atoms with Gasteiger partial charge in [-0.15, -0.1) is 0 Å². The molecule has 0 unspecified atom stereocenters. The third kappa shape index (κ3) is 7.63. The number of nitrogens with zero attached hydrogens (tertiary/aromatic N) is 3. The molecule has 1 aliphatic heterocycles. The molecule has 1 aromatic heterocycles. The van der Waals surface area contributed by atoms with Crippen LogP contribution in [0.15, 0.2) is 28.8 Å². The average Bonchev–Trinajstić information content (AvgIpc) is 3.04. The molecule has 196 valence electrons. The van der Waals surface area contributed by atoms with Crippen molar-refractivity contribution in [3.05, 3.63) is 47.1 Å². The second-order valence-corrected chi connectivity index (χ2v) is 10.5. The molecular formula is C28H41N5O3. The lowest BCUT2D eigenvalue weighted by atomic mass is 9.89. The monoisotopic (exact) mass is 495 g/mol. The van der Waals surface area contributed by atoms with Gasteiger partial charge in [-0.3, -0.25) is 14.5 Å². The molecule has 1 aliphatic carbocycles. The molecule has 2 N–H and O–H groups in total. The number of aryl methyl sites for hydroxylation is 1. The van der Waals surface area contributed by atoms with Gasteiger partial charge in [-0.05, 0) is 49.9 Å². The minimum atomic E-state index is -0.564. The van der Waals surface area contributed by atoms with Crippen LogP contribution in [0.1, 0.15) is 100 Å². The van der Waals surface area contributed by atoms with Gasteiger partial charge in [0.15, 0.2) is 5.82 Å². The SMILES string of the molecule is CC(=O)NC1(c2noc(CCC(=O)NCc3ccc(CN4CCCCCC4)cc3)n2)CCCCCC1. The predicted octanol–water partition coefficient (Wildman–Crippen LogP) is 4.38. The predicted molar refractivity (Wildman–Crippen MR) is 138 cm³/mol. The lowest BCUT2D eigenvalue weighted by Gasteiger charge is -2.30. The third-order valence-corrected chi connectivity index (χ3v) is 7.45. The Labute approximate surface area is 214 Å². The maximum absolute atomic E-state index is 12.4. The minimum Gasteiger partial charge on any atom is -0.352 e. The maximum Gasteiger partial charge on any atom is 0.227 e. The Bertz CT molecular complexity index is 971. The summed E-state index contributed by atoms with van der Waals surface area (Å²) in [6, 6.07) is 8.55. The van der Waals surface area contributed by atoms with E-state index in [0.717, 1.165) is 50.6 Å². The zero-order valence-electron chi connectivity index (χ0n) is 21.7.